The van der Waals surface area contributed by atoms with Crippen LogP contribution in [0.15, 0.2) is 30.3 Å². The molecule has 18 heavy (non-hydrogen) atoms. The average molecular weight is 239 g/mol. The van der Waals surface area contributed by atoms with Crippen LogP contribution in [0.2, 0.25) is 0 Å². The lowest BCUT2D eigenvalue weighted by molar-refractivity contribution is 0.477. The van der Waals surface area contributed by atoms with Crippen molar-refractivity contribution in [3.63, 3.8) is 0 Å². The fourth-order valence-corrected chi connectivity index (χ4v) is 1.52. The van der Waals surface area contributed by atoms with E-state index in [1.807, 2.05) is 19.1 Å². The number of aromatic hydroxyl groups is 1. The summed E-state index contributed by atoms with van der Waals surface area (Å²) in [5.41, 5.74) is 2.04. The third kappa shape index (κ3) is 2.77. The van der Waals surface area contributed by atoms with Gasteiger partial charge in [0.2, 0.25) is 5.95 Å². The highest BCUT2D eigenvalue weighted by molar-refractivity contribution is 5.61. The van der Waals surface area contributed by atoms with E-state index in [1.165, 1.54) is 0 Å². The van der Waals surface area contributed by atoms with E-state index in [9.17, 15) is 5.11 Å². The molecule has 0 radical (unpaired) electrons. The van der Waals surface area contributed by atoms with E-state index in [0.717, 1.165) is 5.69 Å². The lowest BCUT2D eigenvalue weighted by atomic mass is 10.3. The van der Waals surface area contributed by atoms with Crippen molar-refractivity contribution in [1.29, 1.82) is 0 Å². The third-order valence-electron chi connectivity index (χ3n) is 2.26. The van der Waals surface area contributed by atoms with Gasteiger partial charge in [0.15, 0.2) is 0 Å². The number of anilines is 2. The van der Waals surface area contributed by atoms with Crippen molar-refractivity contribution >= 4 is 11.6 Å². The van der Waals surface area contributed by atoms with E-state index in [-0.39, 0.29) is 5.75 Å². The molecular weight excluding hydrogens is 226 g/mol. The van der Waals surface area contributed by atoms with Crippen LogP contribution in [0.25, 0.3) is 0 Å². The largest absolute Gasteiger partial charge is 0.506 e. The number of nitrogens with one attached hydrogen (secondary N) is 1. The van der Waals surface area contributed by atoms with Gasteiger partial charge in [-0.25, -0.2) is 9.97 Å². The fraction of sp³-hybridized carbons (Fsp3) is 0.143. The molecule has 0 aliphatic rings. The lowest BCUT2D eigenvalue weighted by Gasteiger charge is -2.07. The van der Waals surface area contributed by atoms with Gasteiger partial charge in [-0.05, 0) is 38.0 Å². The van der Waals surface area contributed by atoms with E-state index in [1.54, 1.807) is 25.1 Å². The van der Waals surface area contributed by atoms with Crippen LogP contribution in [0.4, 0.5) is 11.6 Å². The minimum absolute atomic E-state index is 0.158. The smallest absolute Gasteiger partial charge is 0.228 e. The summed E-state index contributed by atoms with van der Waals surface area (Å²) >= 11 is 0. The highest BCUT2D eigenvalue weighted by atomic mass is 16.3. The second-order valence-electron chi connectivity index (χ2n) is 3.74. The minimum Gasteiger partial charge on any atom is -0.506 e. The number of phenolic OH excluding ortho intramolecular Hbond substituents is 1. The Morgan fingerprint density at radius 1 is 1.22 bits per heavy atom. The molecule has 1 aromatic heterocycles. The average Bonchev–Trinajstić information content (AvgIpc) is 2.32. The van der Waals surface area contributed by atoms with Gasteiger partial charge in [-0.2, -0.15) is 0 Å². The second kappa shape index (κ2) is 5.19. The number of nitrogens with zero attached hydrogens (tertiary/aromatic N) is 2. The molecule has 2 aromatic rings. The third-order valence-corrected chi connectivity index (χ3v) is 2.26. The van der Waals surface area contributed by atoms with Gasteiger partial charge in [0.25, 0.3) is 0 Å². The minimum atomic E-state index is 0.158. The molecular formula is C14H13N3O. The van der Waals surface area contributed by atoms with E-state index in [4.69, 9.17) is 0 Å². The summed E-state index contributed by atoms with van der Waals surface area (Å²) in [7, 11) is 0. The van der Waals surface area contributed by atoms with Crippen LogP contribution in [0.3, 0.4) is 0 Å². The van der Waals surface area contributed by atoms with Crippen LogP contribution >= 0.6 is 0 Å². The summed E-state index contributed by atoms with van der Waals surface area (Å²) < 4.78 is 0. The first-order valence-corrected chi connectivity index (χ1v) is 5.52. The summed E-state index contributed by atoms with van der Waals surface area (Å²) in [6, 6.07) is 8.75. The zero-order chi connectivity index (χ0) is 13.0. The van der Waals surface area contributed by atoms with E-state index >= 15 is 0 Å². The Morgan fingerprint density at radius 3 is 2.72 bits per heavy atom. The van der Waals surface area contributed by atoms with Crippen molar-refractivity contribution in [2.75, 3.05) is 5.32 Å². The number of phenols is 1. The van der Waals surface area contributed by atoms with Crippen molar-refractivity contribution in [2.45, 2.75) is 13.8 Å². The molecule has 4 heteroatoms. The van der Waals surface area contributed by atoms with E-state index < -0.39 is 0 Å². The first-order chi connectivity index (χ1) is 8.69. The quantitative estimate of drug-likeness (QED) is 0.624. The van der Waals surface area contributed by atoms with Crippen molar-refractivity contribution < 1.29 is 5.11 Å². The first-order valence-electron chi connectivity index (χ1n) is 5.52. The number of aryl methyl sites for hydroxylation is 1. The van der Waals surface area contributed by atoms with Crippen LogP contribution in [-0.2, 0) is 0 Å². The van der Waals surface area contributed by atoms with Gasteiger partial charge in [-0.15, -0.1) is 0 Å². The molecule has 0 spiro atoms. The molecule has 2 rings (SSSR count). The van der Waals surface area contributed by atoms with Gasteiger partial charge >= 0.3 is 0 Å². The molecule has 2 N–H and O–H groups in total. The summed E-state index contributed by atoms with van der Waals surface area (Å²) in [6.45, 7) is 3.63. The number of hydrogen-bond donors (Lipinski definition) is 2. The van der Waals surface area contributed by atoms with Crippen LogP contribution in [0, 0.1) is 18.8 Å². The SMILES string of the molecule is CC#Cc1cc(C)nc(Nc2ccccc2O)n1. The second-order valence-corrected chi connectivity index (χ2v) is 3.74. The zero-order valence-electron chi connectivity index (χ0n) is 10.2. The predicted octanol–water partition coefficient (Wildman–Crippen LogP) is 2.61. The Bertz CT molecular complexity index is 626. The molecule has 0 aliphatic heterocycles. The monoisotopic (exact) mass is 239 g/mol. The van der Waals surface area contributed by atoms with Crippen molar-refractivity contribution in [2.24, 2.45) is 0 Å². The Kier molecular flexibility index (Phi) is 3.44. The van der Waals surface area contributed by atoms with Gasteiger partial charge < -0.3 is 10.4 Å². The summed E-state index contributed by atoms with van der Waals surface area (Å²) in [6.07, 6.45) is 0. The van der Waals surface area contributed by atoms with Gasteiger partial charge in [0.1, 0.15) is 11.4 Å². The van der Waals surface area contributed by atoms with Crippen molar-refractivity contribution in [3.8, 4) is 17.6 Å². The zero-order valence-corrected chi connectivity index (χ0v) is 10.2. The Labute approximate surface area is 106 Å². The highest BCUT2D eigenvalue weighted by Crippen LogP contribution is 2.24. The Hall–Kier alpha value is -2.54. The molecule has 4 nitrogen and oxygen atoms in total. The van der Waals surface area contributed by atoms with Gasteiger partial charge in [-0.3, -0.25) is 0 Å². The maximum absolute atomic E-state index is 9.67. The van der Waals surface area contributed by atoms with Crippen LogP contribution in [0.5, 0.6) is 5.75 Å². The number of aromatic nitrogens is 2. The molecule has 0 atom stereocenters. The molecule has 0 unspecified atom stereocenters. The summed E-state index contributed by atoms with van der Waals surface area (Å²) in [5.74, 6) is 6.27. The maximum Gasteiger partial charge on any atom is 0.228 e. The molecule has 0 fully saturated rings. The Morgan fingerprint density at radius 2 is 2.00 bits per heavy atom. The van der Waals surface area contributed by atoms with Crippen LogP contribution in [0.1, 0.15) is 18.3 Å². The molecule has 0 bridgehead atoms. The van der Waals surface area contributed by atoms with Gasteiger partial charge in [0, 0.05) is 5.69 Å². The Balaban J connectivity index is 2.34. The van der Waals surface area contributed by atoms with Gasteiger partial charge in [0.05, 0.1) is 5.69 Å². The summed E-state index contributed by atoms with van der Waals surface area (Å²) in [5, 5.41) is 12.6. The number of rotatable bonds is 2. The van der Waals surface area contributed by atoms with Crippen molar-refractivity contribution in [1.82, 2.24) is 9.97 Å². The number of para-hydroxylation sites is 2. The van der Waals surface area contributed by atoms with E-state index in [0.29, 0.717) is 17.3 Å². The molecule has 0 amide bonds. The number of hydrogen-bond acceptors (Lipinski definition) is 4. The highest BCUT2D eigenvalue weighted by Gasteiger charge is 2.04. The van der Waals surface area contributed by atoms with Crippen molar-refractivity contribution in [3.05, 3.63) is 41.7 Å². The van der Waals surface area contributed by atoms with Crippen LogP contribution in [-0.4, -0.2) is 15.1 Å². The van der Waals surface area contributed by atoms with E-state index in [2.05, 4.69) is 27.1 Å². The molecule has 0 saturated heterocycles. The normalized spacial score (nSPS) is 9.44. The lowest BCUT2D eigenvalue weighted by Crippen LogP contribution is -2.00. The predicted molar refractivity (Wildman–Crippen MR) is 70.7 cm³/mol. The van der Waals surface area contributed by atoms with Gasteiger partial charge in [-0.1, -0.05) is 18.1 Å². The number of benzene rings is 1. The standard InChI is InChI=1S/C14H13N3O/c1-3-6-11-9-10(2)15-14(16-11)17-12-7-4-5-8-13(12)18/h4-5,7-9,18H,1-2H3,(H,15,16,17). The fourth-order valence-electron chi connectivity index (χ4n) is 1.52. The topological polar surface area (TPSA) is 58.0 Å². The molecule has 1 aromatic carbocycles. The maximum atomic E-state index is 9.67. The van der Waals surface area contributed by atoms with Crippen LogP contribution < -0.4 is 5.32 Å². The molecule has 0 aliphatic carbocycles. The molecule has 0 saturated carbocycles. The molecule has 90 valence electrons. The summed E-state index contributed by atoms with van der Waals surface area (Å²) in [4.78, 5) is 8.50. The molecule has 1 heterocycles. The first kappa shape index (κ1) is 11.9.